The predicted molar refractivity (Wildman–Crippen MR) is 101 cm³/mol. The minimum Gasteiger partial charge on any atom is -0.332 e. The second kappa shape index (κ2) is 7.92. The highest BCUT2D eigenvalue weighted by atomic mass is 16.5. The minimum atomic E-state index is 0.335. The molecule has 1 saturated heterocycles. The third-order valence-corrected chi connectivity index (χ3v) is 4.93. The van der Waals surface area contributed by atoms with Crippen LogP contribution in [0.5, 0.6) is 0 Å². The van der Waals surface area contributed by atoms with Crippen LogP contribution >= 0.6 is 0 Å². The number of hydrogen-bond donors (Lipinski definition) is 0. The summed E-state index contributed by atoms with van der Waals surface area (Å²) in [7, 11) is 0. The van der Waals surface area contributed by atoms with E-state index in [2.05, 4.69) is 43.8 Å². The first kappa shape index (κ1) is 17.7. The molecule has 0 aromatic carbocycles. The highest BCUT2D eigenvalue weighted by Crippen LogP contribution is 2.28. The van der Waals surface area contributed by atoms with E-state index in [-0.39, 0.29) is 0 Å². The van der Waals surface area contributed by atoms with Gasteiger partial charge in [-0.1, -0.05) is 25.1 Å². The van der Waals surface area contributed by atoms with Gasteiger partial charge in [0.15, 0.2) is 5.82 Å². The number of rotatable bonds is 5. The first-order chi connectivity index (χ1) is 13.2. The smallest absolute Gasteiger partial charge is 0.276 e. The van der Waals surface area contributed by atoms with E-state index < -0.39 is 0 Å². The Morgan fingerprint density at radius 1 is 1.11 bits per heavy atom. The van der Waals surface area contributed by atoms with E-state index >= 15 is 0 Å². The molecule has 4 heterocycles. The molecule has 0 saturated carbocycles. The van der Waals surface area contributed by atoms with Crippen molar-refractivity contribution in [3.63, 3.8) is 0 Å². The highest BCUT2D eigenvalue weighted by molar-refractivity contribution is 5.45. The van der Waals surface area contributed by atoms with Crippen molar-refractivity contribution in [3.8, 4) is 11.6 Å². The molecule has 4 rings (SSSR count). The van der Waals surface area contributed by atoms with Crippen molar-refractivity contribution in [1.29, 1.82) is 0 Å². The van der Waals surface area contributed by atoms with Crippen molar-refractivity contribution in [3.05, 3.63) is 54.0 Å². The van der Waals surface area contributed by atoms with Crippen molar-refractivity contribution in [2.45, 2.75) is 45.1 Å². The van der Waals surface area contributed by atoms with Crippen LogP contribution in [-0.4, -0.2) is 43.1 Å². The lowest BCUT2D eigenvalue weighted by Crippen LogP contribution is -2.32. The Bertz CT molecular complexity index is 854. The number of nitrogens with zero attached hydrogens (tertiary/aromatic N) is 6. The molecule has 0 N–H and O–H groups in total. The Morgan fingerprint density at radius 2 is 1.89 bits per heavy atom. The summed E-state index contributed by atoms with van der Waals surface area (Å²) in [6, 6.07) is 5.67. The van der Waals surface area contributed by atoms with Gasteiger partial charge < -0.3 is 4.52 Å². The lowest BCUT2D eigenvalue weighted by Gasteiger charge is -2.30. The summed E-state index contributed by atoms with van der Waals surface area (Å²) in [6.45, 7) is 7.11. The Balaban J connectivity index is 1.33. The fourth-order valence-electron chi connectivity index (χ4n) is 3.35. The zero-order valence-corrected chi connectivity index (χ0v) is 15.7. The van der Waals surface area contributed by atoms with Crippen molar-refractivity contribution < 1.29 is 4.52 Å². The number of hydrogen-bond acceptors (Lipinski definition) is 7. The van der Waals surface area contributed by atoms with Crippen molar-refractivity contribution in [2.24, 2.45) is 0 Å². The van der Waals surface area contributed by atoms with E-state index in [0.29, 0.717) is 17.7 Å². The van der Waals surface area contributed by atoms with Gasteiger partial charge in [-0.3, -0.25) is 9.88 Å². The van der Waals surface area contributed by atoms with Crippen molar-refractivity contribution in [2.75, 3.05) is 13.1 Å². The predicted octanol–water partition coefficient (Wildman–Crippen LogP) is 3.42. The van der Waals surface area contributed by atoms with Crippen LogP contribution in [0.2, 0.25) is 0 Å². The fourth-order valence-corrected chi connectivity index (χ4v) is 3.35. The summed E-state index contributed by atoms with van der Waals surface area (Å²) in [5, 5.41) is 4.19. The zero-order valence-electron chi connectivity index (χ0n) is 15.7. The summed E-state index contributed by atoms with van der Waals surface area (Å²) >= 11 is 0. The number of likely N-dealkylation sites (tertiary alicyclic amines) is 1. The molecule has 1 aliphatic rings. The van der Waals surface area contributed by atoms with Crippen LogP contribution in [0.25, 0.3) is 11.6 Å². The maximum absolute atomic E-state index is 5.40. The second-order valence-electron chi connectivity index (χ2n) is 7.33. The average Bonchev–Trinajstić information content (AvgIpc) is 3.20. The summed E-state index contributed by atoms with van der Waals surface area (Å²) < 4.78 is 5.40. The van der Waals surface area contributed by atoms with Gasteiger partial charge in [-0.15, -0.1) is 0 Å². The summed E-state index contributed by atoms with van der Waals surface area (Å²) in [5.41, 5.74) is 1.88. The van der Waals surface area contributed by atoms with Gasteiger partial charge in [0, 0.05) is 42.5 Å². The molecule has 0 unspecified atom stereocenters. The van der Waals surface area contributed by atoms with Gasteiger partial charge in [0.2, 0.25) is 0 Å². The minimum absolute atomic E-state index is 0.335. The molecule has 3 aromatic rings. The Kier molecular flexibility index (Phi) is 5.20. The van der Waals surface area contributed by atoms with Crippen molar-refractivity contribution >= 4 is 0 Å². The molecule has 7 nitrogen and oxygen atoms in total. The molecule has 0 aliphatic carbocycles. The third-order valence-electron chi connectivity index (χ3n) is 4.93. The molecule has 0 atom stereocenters. The molecular weight excluding hydrogens is 340 g/mol. The molecule has 7 heteroatoms. The first-order valence-corrected chi connectivity index (χ1v) is 9.47. The fraction of sp³-hybridized carbons (Fsp3) is 0.450. The van der Waals surface area contributed by atoms with E-state index in [9.17, 15) is 0 Å². The second-order valence-corrected chi connectivity index (χ2v) is 7.33. The van der Waals surface area contributed by atoms with Gasteiger partial charge in [0.05, 0.1) is 0 Å². The normalized spacial score (nSPS) is 16.1. The molecule has 27 heavy (non-hydrogen) atoms. The van der Waals surface area contributed by atoms with Crippen LogP contribution in [-0.2, 0) is 6.54 Å². The number of pyridine rings is 1. The molecule has 3 aromatic heterocycles. The Hall–Kier alpha value is -2.67. The molecular formula is C20H24N6O. The highest BCUT2D eigenvalue weighted by Gasteiger charge is 2.25. The van der Waals surface area contributed by atoms with E-state index in [1.54, 1.807) is 6.20 Å². The molecule has 1 aliphatic heterocycles. The van der Waals surface area contributed by atoms with E-state index in [1.165, 1.54) is 0 Å². The number of piperidine rings is 1. The van der Waals surface area contributed by atoms with Crippen LogP contribution in [0.4, 0.5) is 0 Å². The summed E-state index contributed by atoms with van der Waals surface area (Å²) in [6.07, 6.45) is 7.67. The van der Waals surface area contributed by atoms with Gasteiger partial charge in [0.1, 0.15) is 11.5 Å². The van der Waals surface area contributed by atoms with E-state index in [0.717, 1.165) is 55.4 Å². The van der Waals surface area contributed by atoms with Gasteiger partial charge >= 0.3 is 0 Å². The van der Waals surface area contributed by atoms with E-state index in [1.807, 2.05) is 30.6 Å². The van der Waals surface area contributed by atoms with Crippen LogP contribution < -0.4 is 0 Å². The quantitative estimate of drug-likeness (QED) is 0.686. The van der Waals surface area contributed by atoms with Crippen molar-refractivity contribution in [1.82, 2.24) is 30.0 Å². The van der Waals surface area contributed by atoms with Gasteiger partial charge in [0.25, 0.3) is 5.89 Å². The topological polar surface area (TPSA) is 80.8 Å². The Labute approximate surface area is 158 Å². The molecule has 1 fully saturated rings. The molecule has 0 bridgehead atoms. The standard InChI is InChI=1S/C20H24N6O/c1-14(2)18-22-11-15(12-23-18)13-26-9-6-16(7-10-26)19-24-20(27-25-19)17-5-3-4-8-21-17/h3-5,8,11-12,14,16H,6-7,9-10,13H2,1-2H3. The van der Waals surface area contributed by atoms with Crippen LogP contribution in [0.15, 0.2) is 41.3 Å². The van der Waals surface area contributed by atoms with Gasteiger partial charge in [-0.25, -0.2) is 9.97 Å². The van der Waals surface area contributed by atoms with Crippen LogP contribution in [0.1, 0.15) is 55.7 Å². The average molecular weight is 364 g/mol. The van der Waals surface area contributed by atoms with Crippen LogP contribution in [0.3, 0.4) is 0 Å². The summed E-state index contributed by atoms with van der Waals surface area (Å²) in [5.74, 6) is 2.89. The molecule has 0 radical (unpaired) electrons. The monoisotopic (exact) mass is 364 g/mol. The lowest BCUT2D eigenvalue weighted by molar-refractivity contribution is 0.200. The summed E-state index contributed by atoms with van der Waals surface area (Å²) in [4.78, 5) is 20.2. The number of aromatic nitrogens is 5. The lowest BCUT2D eigenvalue weighted by atomic mass is 9.96. The van der Waals surface area contributed by atoms with Crippen LogP contribution in [0, 0.1) is 0 Å². The third kappa shape index (κ3) is 4.19. The maximum Gasteiger partial charge on any atom is 0.276 e. The Morgan fingerprint density at radius 3 is 2.56 bits per heavy atom. The molecule has 0 amide bonds. The SMILES string of the molecule is CC(C)c1ncc(CN2CCC(c3noc(-c4ccccn4)n3)CC2)cn1. The zero-order chi connectivity index (χ0) is 18.6. The molecule has 0 spiro atoms. The van der Waals surface area contributed by atoms with Gasteiger partial charge in [-0.05, 0) is 38.1 Å². The first-order valence-electron chi connectivity index (χ1n) is 9.47. The van der Waals surface area contributed by atoms with Gasteiger partial charge in [-0.2, -0.15) is 4.98 Å². The van der Waals surface area contributed by atoms with E-state index in [4.69, 9.17) is 4.52 Å². The maximum atomic E-state index is 5.40. The largest absolute Gasteiger partial charge is 0.332 e. The molecule has 140 valence electrons.